The van der Waals surface area contributed by atoms with Gasteiger partial charge in [-0.3, -0.25) is 14.2 Å². The number of rotatable bonds is 5. The van der Waals surface area contributed by atoms with E-state index in [1.54, 1.807) is 12.5 Å². The molecule has 2 fully saturated rings. The maximum Gasteiger partial charge on any atom is 0.272 e. The van der Waals surface area contributed by atoms with Crippen molar-refractivity contribution in [2.24, 2.45) is 5.92 Å². The number of amides is 2. The van der Waals surface area contributed by atoms with Gasteiger partial charge in [-0.15, -0.1) is 24.8 Å². The first-order valence-corrected chi connectivity index (χ1v) is 10.1. The Morgan fingerprint density at radius 3 is 2.67 bits per heavy atom. The number of aromatic nitrogens is 2. The lowest BCUT2D eigenvalue weighted by atomic mass is 9.97. The van der Waals surface area contributed by atoms with Gasteiger partial charge in [0.1, 0.15) is 5.69 Å². The third kappa shape index (κ3) is 5.53. The Hall–Kier alpha value is -2.09. The molecule has 1 aromatic heterocycles. The molecule has 9 heteroatoms. The summed E-state index contributed by atoms with van der Waals surface area (Å²) in [6, 6.07) is 9.72. The molecule has 0 saturated carbocycles. The summed E-state index contributed by atoms with van der Waals surface area (Å²) in [7, 11) is 0. The van der Waals surface area contributed by atoms with Crippen molar-refractivity contribution in [1.29, 1.82) is 0 Å². The van der Waals surface area contributed by atoms with Gasteiger partial charge in [0.25, 0.3) is 5.91 Å². The fraction of sp³-hybridized carbons (Fsp3) is 0.476. The minimum Gasteiger partial charge on any atom is -0.354 e. The van der Waals surface area contributed by atoms with Gasteiger partial charge in [-0.1, -0.05) is 18.2 Å². The van der Waals surface area contributed by atoms with Crippen molar-refractivity contribution in [1.82, 2.24) is 25.1 Å². The smallest absolute Gasteiger partial charge is 0.272 e. The molecule has 2 saturated heterocycles. The van der Waals surface area contributed by atoms with Gasteiger partial charge in [0.05, 0.1) is 18.6 Å². The molecule has 3 heterocycles. The Balaban J connectivity index is 0.00000160. The Morgan fingerprint density at radius 1 is 1.13 bits per heavy atom. The molecular formula is C21H29Cl2N5O2. The second-order valence-electron chi connectivity index (χ2n) is 7.64. The van der Waals surface area contributed by atoms with Crippen molar-refractivity contribution >= 4 is 36.6 Å². The Morgan fingerprint density at radius 2 is 1.93 bits per heavy atom. The molecule has 0 spiro atoms. The summed E-state index contributed by atoms with van der Waals surface area (Å²) in [5.74, 6) is 0.370. The molecule has 2 amide bonds. The van der Waals surface area contributed by atoms with Gasteiger partial charge < -0.3 is 15.5 Å². The van der Waals surface area contributed by atoms with E-state index in [0.717, 1.165) is 44.5 Å². The number of benzene rings is 1. The van der Waals surface area contributed by atoms with Crippen LogP contribution < -0.4 is 10.6 Å². The largest absolute Gasteiger partial charge is 0.354 e. The van der Waals surface area contributed by atoms with Crippen LogP contribution in [0.1, 0.15) is 36.2 Å². The van der Waals surface area contributed by atoms with Crippen LogP contribution in [-0.4, -0.2) is 58.5 Å². The number of hydrogen-bond acceptors (Lipinski definition) is 4. The summed E-state index contributed by atoms with van der Waals surface area (Å²) in [5.41, 5.74) is 1.50. The van der Waals surface area contributed by atoms with E-state index < -0.39 is 0 Å². The van der Waals surface area contributed by atoms with E-state index in [9.17, 15) is 9.59 Å². The topological polar surface area (TPSA) is 79.3 Å². The Kier molecular flexibility index (Phi) is 9.14. The van der Waals surface area contributed by atoms with Crippen LogP contribution in [0.5, 0.6) is 0 Å². The molecule has 2 aliphatic rings. The number of halogens is 2. The predicted molar refractivity (Wildman–Crippen MR) is 121 cm³/mol. The highest BCUT2D eigenvalue weighted by molar-refractivity contribution is 5.93. The van der Waals surface area contributed by atoms with Crippen LogP contribution in [0.2, 0.25) is 0 Å². The normalized spacial score (nSPS) is 20.7. The first-order valence-electron chi connectivity index (χ1n) is 10.1. The lowest BCUT2D eigenvalue weighted by Gasteiger charge is -2.33. The summed E-state index contributed by atoms with van der Waals surface area (Å²) in [6.07, 6.45) is 7.25. The van der Waals surface area contributed by atoms with Crippen LogP contribution in [0.15, 0.2) is 42.9 Å². The molecule has 2 aromatic rings. The number of nitrogens with zero attached hydrogens (tertiary/aromatic N) is 3. The molecule has 0 radical (unpaired) electrons. The van der Waals surface area contributed by atoms with Crippen LogP contribution >= 0.6 is 24.8 Å². The maximum atomic E-state index is 13.1. The standard InChI is InChI=1S/C21H27N5O2.2ClH/c27-20(18-9-4-10-23-18)24-12-16-6-5-11-25(14-16)21(28)19-13-22-15-26(19)17-7-2-1-3-8-17;;/h1-3,7-8,13,15-16,18,23H,4-6,9-12,14H2,(H,24,27);2*1H. The van der Waals surface area contributed by atoms with Gasteiger partial charge in [0.2, 0.25) is 5.91 Å². The zero-order valence-corrected chi connectivity index (χ0v) is 18.5. The molecule has 2 unspecified atom stereocenters. The molecule has 7 nitrogen and oxygen atoms in total. The highest BCUT2D eigenvalue weighted by atomic mass is 35.5. The van der Waals surface area contributed by atoms with E-state index in [4.69, 9.17) is 0 Å². The van der Waals surface area contributed by atoms with Crippen LogP contribution in [0.25, 0.3) is 5.69 Å². The number of hydrogen-bond donors (Lipinski definition) is 2. The Labute approximate surface area is 189 Å². The second-order valence-corrected chi connectivity index (χ2v) is 7.64. The molecular weight excluding hydrogens is 425 g/mol. The molecule has 164 valence electrons. The van der Waals surface area contributed by atoms with Gasteiger partial charge in [0, 0.05) is 25.3 Å². The number of imidazole rings is 1. The summed E-state index contributed by atoms with van der Waals surface area (Å²) >= 11 is 0. The van der Waals surface area contributed by atoms with Crippen molar-refractivity contribution in [2.45, 2.75) is 31.7 Å². The SMILES string of the molecule is Cl.Cl.O=C(NCC1CCCN(C(=O)c2cncn2-c2ccccc2)C1)C1CCCN1. The highest BCUT2D eigenvalue weighted by Gasteiger charge is 2.28. The number of carbonyl (C=O) groups is 2. The molecule has 30 heavy (non-hydrogen) atoms. The lowest BCUT2D eigenvalue weighted by Crippen LogP contribution is -2.47. The number of para-hydroxylation sites is 1. The second kappa shape index (κ2) is 11.3. The van der Waals surface area contributed by atoms with Crippen molar-refractivity contribution in [3.8, 4) is 5.69 Å². The van der Waals surface area contributed by atoms with Crippen molar-refractivity contribution < 1.29 is 9.59 Å². The average Bonchev–Trinajstić information content (AvgIpc) is 3.44. The summed E-state index contributed by atoms with van der Waals surface area (Å²) in [5, 5.41) is 6.29. The zero-order valence-electron chi connectivity index (χ0n) is 16.8. The molecule has 0 aliphatic carbocycles. The van der Waals surface area contributed by atoms with Gasteiger partial charge in [-0.2, -0.15) is 0 Å². The van der Waals surface area contributed by atoms with Crippen LogP contribution in [0, 0.1) is 5.92 Å². The van der Waals surface area contributed by atoms with E-state index in [2.05, 4.69) is 15.6 Å². The summed E-state index contributed by atoms with van der Waals surface area (Å²) < 4.78 is 1.83. The van der Waals surface area contributed by atoms with E-state index in [1.165, 1.54) is 0 Å². The van der Waals surface area contributed by atoms with Gasteiger partial charge >= 0.3 is 0 Å². The van der Waals surface area contributed by atoms with Crippen LogP contribution in [0.3, 0.4) is 0 Å². The average molecular weight is 454 g/mol. The zero-order chi connectivity index (χ0) is 19.3. The highest BCUT2D eigenvalue weighted by Crippen LogP contribution is 2.20. The van der Waals surface area contributed by atoms with Crippen molar-refractivity contribution in [3.05, 3.63) is 48.5 Å². The first kappa shape index (κ1) is 24.2. The van der Waals surface area contributed by atoms with E-state index >= 15 is 0 Å². The van der Waals surface area contributed by atoms with Crippen LogP contribution in [0.4, 0.5) is 0 Å². The first-order chi connectivity index (χ1) is 13.7. The number of carbonyl (C=O) groups excluding carboxylic acids is 2. The number of piperidine rings is 1. The fourth-order valence-corrected chi connectivity index (χ4v) is 4.10. The van der Waals surface area contributed by atoms with E-state index in [-0.39, 0.29) is 48.6 Å². The van der Waals surface area contributed by atoms with E-state index in [0.29, 0.717) is 18.8 Å². The monoisotopic (exact) mass is 453 g/mol. The summed E-state index contributed by atoms with van der Waals surface area (Å²) in [4.78, 5) is 31.4. The molecule has 0 bridgehead atoms. The van der Waals surface area contributed by atoms with Gasteiger partial charge in [0.15, 0.2) is 0 Å². The van der Waals surface area contributed by atoms with E-state index in [1.807, 2.05) is 39.8 Å². The molecule has 2 aliphatic heterocycles. The number of likely N-dealkylation sites (tertiary alicyclic amines) is 1. The molecule has 2 N–H and O–H groups in total. The predicted octanol–water partition coefficient (Wildman–Crippen LogP) is 2.44. The number of nitrogens with one attached hydrogen (secondary N) is 2. The quantitative estimate of drug-likeness (QED) is 0.728. The third-order valence-corrected chi connectivity index (χ3v) is 5.64. The fourth-order valence-electron chi connectivity index (χ4n) is 4.10. The maximum absolute atomic E-state index is 13.1. The van der Waals surface area contributed by atoms with Gasteiger partial charge in [-0.25, -0.2) is 4.98 Å². The molecule has 4 rings (SSSR count). The summed E-state index contributed by atoms with van der Waals surface area (Å²) in [6.45, 7) is 2.95. The minimum atomic E-state index is -0.0541. The van der Waals surface area contributed by atoms with Crippen molar-refractivity contribution in [3.63, 3.8) is 0 Å². The van der Waals surface area contributed by atoms with Crippen LogP contribution in [-0.2, 0) is 4.79 Å². The third-order valence-electron chi connectivity index (χ3n) is 5.64. The lowest BCUT2D eigenvalue weighted by molar-refractivity contribution is -0.123. The molecule has 1 aromatic carbocycles. The van der Waals surface area contributed by atoms with Crippen molar-refractivity contribution in [2.75, 3.05) is 26.2 Å². The minimum absolute atomic E-state index is 0. The molecule has 2 atom stereocenters. The Bertz CT molecular complexity index is 824. The van der Waals surface area contributed by atoms with Gasteiger partial charge in [-0.05, 0) is 50.3 Å².